The van der Waals surface area contributed by atoms with Crippen LogP contribution in [0.15, 0.2) is 37.5 Å². The van der Waals surface area contributed by atoms with Crippen LogP contribution in [0.1, 0.15) is 6.42 Å². The molecule has 17 heavy (non-hydrogen) atoms. The number of esters is 1. The third-order valence-electron chi connectivity index (χ3n) is 1.62. The highest BCUT2D eigenvalue weighted by Gasteiger charge is 2.09. The zero-order valence-electron chi connectivity index (χ0n) is 9.50. The standard InChI is InChI=1S/C6H8O4.C5H6N2/c1-4(6(8)9)3-5(7)10-2;1-2-7-4-3-6-5-7/h1,3H2,2H3,(H,8,9);2-5H,1H2. The summed E-state index contributed by atoms with van der Waals surface area (Å²) in [7, 11) is 1.19. The second-order valence-electron chi connectivity index (χ2n) is 2.85. The van der Waals surface area contributed by atoms with Crippen LogP contribution in [0.3, 0.4) is 0 Å². The van der Waals surface area contributed by atoms with Gasteiger partial charge in [0.25, 0.3) is 0 Å². The Kier molecular flexibility index (Phi) is 6.77. The molecular formula is C11H14N2O4. The van der Waals surface area contributed by atoms with Gasteiger partial charge in [-0.3, -0.25) is 4.79 Å². The molecule has 0 amide bonds. The molecule has 0 radical (unpaired) electrons. The van der Waals surface area contributed by atoms with E-state index >= 15 is 0 Å². The summed E-state index contributed by atoms with van der Waals surface area (Å²) in [5, 5.41) is 8.22. The number of hydrogen-bond donors (Lipinski definition) is 1. The van der Waals surface area contributed by atoms with Crippen molar-refractivity contribution in [1.82, 2.24) is 9.55 Å². The van der Waals surface area contributed by atoms with Gasteiger partial charge in [0.1, 0.15) is 0 Å². The van der Waals surface area contributed by atoms with Gasteiger partial charge in [0, 0.05) is 24.2 Å². The Labute approximate surface area is 98.8 Å². The molecule has 6 heteroatoms. The molecule has 1 aromatic rings. The second kappa shape index (κ2) is 7.86. The van der Waals surface area contributed by atoms with Gasteiger partial charge in [-0.1, -0.05) is 13.2 Å². The van der Waals surface area contributed by atoms with Crippen molar-refractivity contribution in [2.24, 2.45) is 0 Å². The lowest BCUT2D eigenvalue weighted by Crippen LogP contribution is -2.07. The van der Waals surface area contributed by atoms with Crippen LogP contribution >= 0.6 is 0 Å². The summed E-state index contributed by atoms with van der Waals surface area (Å²) in [4.78, 5) is 24.2. The van der Waals surface area contributed by atoms with Crippen LogP contribution in [-0.2, 0) is 14.3 Å². The van der Waals surface area contributed by atoms with Gasteiger partial charge in [0.2, 0.25) is 0 Å². The third kappa shape index (κ3) is 6.67. The number of carboxylic acid groups (broad SMARTS) is 1. The monoisotopic (exact) mass is 238 g/mol. The van der Waals surface area contributed by atoms with Crippen molar-refractivity contribution in [2.45, 2.75) is 6.42 Å². The van der Waals surface area contributed by atoms with Gasteiger partial charge in [-0.05, 0) is 0 Å². The Morgan fingerprint density at radius 3 is 2.53 bits per heavy atom. The molecule has 0 unspecified atom stereocenters. The highest BCUT2D eigenvalue weighted by atomic mass is 16.5. The Hall–Kier alpha value is -2.37. The van der Waals surface area contributed by atoms with Crippen molar-refractivity contribution in [3.05, 3.63) is 37.5 Å². The Balaban J connectivity index is 0.000000318. The van der Waals surface area contributed by atoms with Gasteiger partial charge in [-0.2, -0.15) is 0 Å². The first-order valence-electron chi connectivity index (χ1n) is 4.59. The highest BCUT2D eigenvalue weighted by Crippen LogP contribution is 1.98. The number of rotatable bonds is 4. The van der Waals surface area contributed by atoms with Gasteiger partial charge in [0.05, 0.1) is 19.9 Å². The Morgan fingerprint density at radius 2 is 2.24 bits per heavy atom. The van der Waals surface area contributed by atoms with E-state index in [9.17, 15) is 9.59 Å². The van der Waals surface area contributed by atoms with E-state index in [0.717, 1.165) is 0 Å². The number of ether oxygens (including phenoxy) is 1. The quantitative estimate of drug-likeness (QED) is 0.629. The molecular weight excluding hydrogens is 224 g/mol. The second-order valence-corrected chi connectivity index (χ2v) is 2.85. The fourth-order valence-corrected chi connectivity index (χ4v) is 0.699. The summed E-state index contributed by atoms with van der Waals surface area (Å²) >= 11 is 0. The van der Waals surface area contributed by atoms with Gasteiger partial charge < -0.3 is 14.4 Å². The molecule has 0 saturated heterocycles. The molecule has 1 N–H and O–H groups in total. The summed E-state index contributed by atoms with van der Waals surface area (Å²) < 4.78 is 5.99. The average Bonchev–Trinajstić information content (AvgIpc) is 2.82. The molecule has 0 saturated carbocycles. The van der Waals surface area contributed by atoms with Crippen molar-refractivity contribution in [1.29, 1.82) is 0 Å². The van der Waals surface area contributed by atoms with Crippen LogP contribution in [-0.4, -0.2) is 33.7 Å². The van der Waals surface area contributed by atoms with Crippen LogP contribution in [0, 0.1) is 0 Å². The fraction of sp³-hybridized carbons (Fsp3) is 0.182. The van der Waals surface area contributed by atoms with Gasteiger partial charge in [-0.15, -0.1) is 0 Å². The molecule has 0 aliphatic heterocycles. The van der Waals surface area contributed by atoms with E-state index < -0.39 is 11.9 Å². The summed E-state index contributed by atoms with van der Waals surface area (Å²) in [5.74, 6) is -1.77. The van der Waals surface area contributed by atoms with E-state index in [-0.39, 0.29) is 12.0 Å². The number of nitrogens with zero attached hydrogens (tertiary/aromatic N) is 2. The van der Waals surface area contributed by atoms with E-state index in [1.807, 2.05) is 6.20 Å². The van der Waals surface area contributed by atoms with Gasteiger partial charge in [-0.25, -0.2) is 9.78 Å². The number of aliphatic carboxylic acids is 1. The largest absolute Gasteiger partial charge is 0.478 e. The maximum atomic E-state index is 10.4. The van der Waals surface area contributed by atoms with E-state index in [4.69, 9.17) is 5.11 Å². The number of aromatic nitrogens is 2. The Morgan fingerprint density at radius 1 is 1.59 bits per heavy atom. The van der Waals surface area contributed by atoms with Gasteiger partial charge in [0.15, 0.2) is 0 Å². The molecule has 0 bridgehead atoms. The normalized spacial score (nSPS) is 8.53. The van der Waals surface area contributed by atoms with E-state index in [1.54, 1.807) is 23.3 Å². The molecule has 0 spiro atoms. The number of carbonyl (C=O) groups excluding carboxylic acids is 1. The third-order valence-corrected chi connectivity index (χ3v) is 1.62. The summed E-state index contributed by atoms with van der Waals surface area (Å²) in [6.07, 6.45) is 6.65. The van der Waals surface area contributed by atoms with Crippen molar-refractivity contribution < 1.29 is 19.4 Å². The molecule has 1 rings (SSSR count). The molecule has 92 valence electrons. The summed E-state index contributed by atoms with van der Waals surface area (Å²) in [6, 6.07) is 0. The smallest absolute Gasteiger partial charge is 0.331 e. The fourth-order valence-electron chi connectivity index (χ4n) is 0.699. The number of carbonyl (C=O) groups is 2. The average molecular weight is 238 g/mol. The molecule has 0 fully saturated rings. The summed E-state index contributed by atoms with van der Waals surface area (Å²) in [6.45, 7) is 6.67. The maximum absolute atomic E-state index is 10.4. The SMILES string of the molecule is C=C(CC(=O)OC)C(=O)O.C=Cn1ccnc1. The topological polar surface area (TPSA) is 81.4 Å². The van der Waals surface area contributed by atoms with Crippen LogP contribution in [0.25, 0.3) is 6.20 Å². The first kappa shape index (κ1) is 14.6. The first-order chi connectivity index (χ1) is 8.01. The minimum absolute atomic E-state index is 0.160. The first-order valence-corrected chi connectivity index (χ1v) is 4.59. The molecule has 0 atom stereocenters. The molecule has 6 nitrogen and oxygen atoms in total. The lowest BCUT2D eigenvalue weighted by atomic mass is 10.2. The minimum atomic E-state index is -1.18. The van der Waals surface area contributed by atoms with Gasteiger partial charge >= 0.3 is 11.9 Å². The molecule has 0 aliphatic carbocycles. The van der Waals surface area contributed by atoms with Crippen molar-refractivity contribution in [3.8, 4) is 0 Å². The maximum Gasteiger partial charge on any atom is 0.331 e. The predicted octanol–water partition coefficient (Wildman–Crippen LogP) is 1.17. The van der Waals surface area contributed by atoms with E-state index in [1.165, 1.54) is 7.11 Å². The van der Waals surface area contributed by atoms with Crippen LogP contribution < -0.4 is 0 Å². The molecule has 0 aliphatic rings. The van der Waals surface area contributed by atoms with Crippen molar-refractivity contribution >= 4 is 18.1 Å². The van der Waals surface area contributed by atoms with Crippen LogP contribution in [0.4, 0.5) is 0 Å². The molecule has 1 aromatic heterocycles. The van der Waals surface area contributed by atoms with E-state index in [0.29, 0.717) is 0 Å². The Bertz CT molecular complexity index is 396. The number of imidazole rings is 1. The number of hydrogen-bond acceptors (Lipinski definition) is 4. The number of carboxylic acids is 1. The lowest BCUT2D eigenvalue weighted by molar-refractivity contribution is -0.142. The molecule has 1 heterocycles. The van der Waals surface area contributed by atoms with Crippen LogP contribution in [0.5, 0.6) is 0 Å². The van der Waals surface area contributed by atoms with E-state index in [2.05, 4.69) is 22.9 Å². The molecule has 0 aromatic carbocycles. The number of methoxy groups -OCH3 is 1. The highest BCUT2D eigenvalue weighted by molar-refractivity contribution is 5.91. The zero-order valence-corrected chi connectivity index (χ0v) is 9.50. The van der Waals surface area contributed by atoms with Crippen molar-refractivity contribution in [3.63, 3.8) is 0 Å². The lowest BCUT2D eigenvalue weighted by Gasteiger charge is -1.96. The minimum Gasteiger partial charge on any atom is -0.478 e. The zero-order chi connectivity index (χ0) is 13.3. The van der Waals surface area contributed by atoms with Crippen molar-refractivity contribution in [2.75, 3.05) is 7.11 Å². The summed E-state index contributed by atoms with van der Waals surface area (Å²) in [5.41, 5.74) is -0.160. The predicted molar refractivity (Wildman–Crippen MR) is 62.0 cm³/mol. The van der Waals surface area contributed by atoms with Crippen LogP contribution in [0.2, 0.25) is 0 Å².